The van der Waals surface area contributed by atoms with Crippen molar-refractivity contribution in [1.29, 1.82) is 0 Å². The molecule has 1 aromatic rings. The number of benzene rings is 1. The van der Waals surface area contributed by atoms with Crippen LogP contribution in [0.25, 0.3) is 0 Å². The van der Waals surface area contributed by atoms with Gasteiger partial charge in [-0.3, -0.25) is 9.89 Å². The van der Waals surface area contributed by atoms with Crippen LogP contribution in [0.4, 0.5) is 8.78 Å². The number of nitrogens with one attached hydrogen (secondary N) is 1. The standard InChI is InChI=1S/C21H32F2N4O/c1-4-19(17-7-6-16(22)12-18(17)23)26-8-10-27(11-9-26)20(24-5-2)25-13-21(3)14-28-15-21/h6-7,12,19H,4-5,8-11,13-15H2,1-3H3,(H,24,25). The molecule has 1 N–H and O–H groups in total. The molecule has 5 nitrogen and oxygen atoms in total. The van der Waals surface area contributed by atoms with E-state index in [4.69, 9.17) is 9.73 Å². The summed E-state index contributed by atoms with van der Waals surface area (Å²) in [5.74, 6) is -0.0468. The third-order valence-electron chi connectivity index (χ3n) is 5.61. The zero-order valence-electron chi connectivity index (χ0n) is 17.2. The smallest absolute Gasteiger partial charge is 0.194 e. The summed E-state index contributed by atoms with van der Waals surface area (Å²) < 4.78 is 32.9. The molecule has 0 saturated carbocycles. The molecule has 3 rings (SSSR count). The fraction of sp³-hybridized carbons (Fsp3) is 0.667. The predicted molar refractivity (Wildman–Crippen MR) is 107 cm³/mol. The molecule has 1 unspecified atom stereocenters. The lowest BCUT2D eigenvalue weighted by Crippen LogP contribution is -2.53. The first-order valence-electron chi connectivity index (χ1n) is 10.3. The maximum absolute atomic E-state index is 14.3. The maximum Gasteiger partial charge on any atom is 0.194 e. The molecule has 2 heterocycles. The summed E-state index contributed by atoms with van der Waals surface area (Å²) in [5, 5.41) is 3.39. The van der Waals surface area contributed by atoms with E-state index in [9.17, 15) is 8.78 Å². The molecule has 7 heteroatoms. The average Bonchev–Trinajstić information content (AvgIpc) is 2.66. The normalized spacial score (nSPS) is 21.3. The van der Waals surface area contributed by atoms with E-state index in [1.165, 1.54) is 6.07 Å². The van der Waals surface area contributed by atoms with Gasteiger partial charge in [-0.1, -0.05) is 19.9 Å². The Balaban J connectivity index is 1.63. The van der Waals surface area contributed by atoms with Crippen molar-refractivity contribution in [1.82, 2.24) is 15.1 Å². The number of guanidine groups is 1. The van der Waals surface area contributed by atoms with E-state index in [0.29, 0.717) is 5.56 Å². The summed E-state index contributed by atoms with van der Waals surface area (Å²) >= 11 is 0. The molecule has 2 aliphatic heterocycles. The molecule has 2 aliphatic rings. The van der Waals surface area contributed by atoms with Gasteiger partial charge in [-0.2, -0.15) is 0 Å². The molecular weight excluding hydrogens is 362 g/mol. The molecule has 0 bridgehead atoms. The van der Waals surface area contributed by atoms with Crippen molar-refractivity contribution in [3.8, 4) is 0 Å². The van der Waals surface area contributed by atoms with Crippen LogP contribution >= 0.6 is 0 Å². The van der Waals surface area contributed by atoms with Gasteiger partial charge in [0.05, 0.1) is 19.8 Å². The second-order valence-corrected chi connectivity index (χ2v) is 8.09. The minimum Gasteiger partial charge on any atom is -0.380 e. The van der Waals surface area contributed by atoms with Gasteiger partial charge in [0.2, 0.25) is 0 Å². The van der Waals surface area contributed by atoms with Crippen LogP contribution in [0, 0.1) is 17.0 Å². The number of rotatable bonds is 6. The quantitative estimate of drug-likeness (QED) is 0.595. The number of nitrogens with zero attached hydrogens (tertiary/aromatic N) is 3. The van der Waals surface area contributed by atoms with Crippen LogP contribution in [0.3, 0.4) is 0 Å². The van der Waals surface area contributed by atoms with Crippen LogP contribution in [0.1, 0.15) is 38.8 Å². The first-order chi connectivity index (χ1) is 13.5. The molecule has 156 valence electrons. The SMILES string of the molecule is CCNC(=NCC1(C)COC1)N1CCN(C(CC)c2ccc(F)cc2F)CC1. The fourth-order valence-corrected chi connectivity index (χ4v) is 3.93. The summed E-state index contributed by atoms with van der Waals surface area (Å²) in [6.07, 6.45) is 0.787. The number of hydrogen-bond donors (Lipinski definition) is 1. The Labute approximate surface area is 166 Å². The Hall–Kier alpha value is -1.73. The second kappa shape index (κ2) is 9.18. The minimum absolute atomic E-state index is 0.0340. The minimum atomic E-state index is -0.530. The third-order valence-corrected chi connectivity index (χ3v) is 5.61. The van der Waals surface area contributed by atoms with Crippen molar-refractivity contribution in [2.45, 2.75) is 33.2 Å². The molecule has 0 spiro atoms. The molecule has 0 aromatic heterocycles. The Morgan fingerprint density at radius 1 is 1.21 bits per heavy atom. The zero-order chi connectivity index (χ0) is 20.1. The van der Waals surface area contributed by atoms with Crippen LogP contribution in [0.5, 0.6) is 0 Å². The molecule has 2 saturated heterocycles. The lowest BCUT2D eigenvalue weighted by Gasteiger charge is -2.41. The molecule has 0 amide bonds. The first-order valence-corrected chi connectivity index (χ1v) is 10.3. The molecule has 28 heavy (non-hydrogen) atoms. The number of halogens is 2. The molecule has 0 radical (unpaired) electrons. The van der Waals surface area contributed by atoms with Gasteiger partial charge in [-0.25, -0.2) is 8.78 Å². The van der Waals surface area contributed by atoms with E-state index in [0.717, 1.165) is 70.9 Å². The van der Waals surface area contributed by atoms with Crippen molar-refractivity contribution in [3.63, 3.8) is 0 Å². The zero-order valence-corrected chi connectivity index (χ0v) is 17.2. The van der Waals surface area contributed by atoms with Crippen LogP contribution in [0.15, 0.2) is 23.2 Å². The van der Waals surface area contributed by atoms with Crippen LogP contribution in [-0.4, -0.2) is 68.2 Å². The monoisotopic (exact) mass is 394 g/mol. The van der Waals surface area contributed by atoms with Crippen molar-refractivity contribution in [3.05, 3.63) is 35.4 Å². The van der Waals surface area contributed by atoms with Crippen LogP contribution in [0.2, 0.25) is 0 Å². The van der Waals surface area contributed by atoms with E-state index in [2.05, 4.69) is 29.0 Å². The molecule has 1 atom stereocenters. The summed E-state index contributed by atoms with van der Waals surface area (Å²) in [6.45, 7) is 12.7. The topological polar surface area (TPSA) is 40.1 Å². The lowest BCUT2D eigenvalue weighted by molar-refractivity contribution is -0.0946. The lowest BCUT2D eigenvalue weighted by atomic mass is 9.89. The highest BCUT2D eigenvalue weighted by molar-refractivity contribution is 5.80. The first kappa shape index (κ1) is 21.0. The van der Waals surface area contributed by atoms with Gasteiger partial charge in [0.15, 0.2) is 5.96 Å². The van der Waals surface area contributed by atoms with E-state index in [1.54, 1.807) is 6.07 Å². The Morgan fingerprint density at radius 3 is 2.46 bits per heavy atom. The predicted octanol–water partition coefficient (Wildman–Crippen LogP) is 3.04. The largest absolute Gasteiger partial charge is 0.380 e. The summed E-state index contributed by atoms with van der Waals surface area (Å²) in [6, 6.07) is 3.87. The maximum atomic E-state index is 14.3. The van der Waals surface area contributed by atoms with E-state index >= 15 is 0 Å². The van der Waals surface area contributed by atoms with Gasteiger partial charge in [-0.15, -0.1) is 0 Å². The Morgan fingerprint density at radius 2 is 1.93 bits per heavy atom. The van der Waals surface area contributed by atoms with Crippen molar-refractivity contribution < 1.29 is 13.5 Å². The second-order valence-electron chi connectivity index (χ2n) is 8.09. The summed E-state index contributed by atoms with van der Waals surface area (Å²) in [7, 11) is 0. The van der Waals surface area contributed by atoms with Gasteiger partial charge in [0.25, 0.3) is 0 Å². The fourth-order valence-electron chi connectivity index (χ4n) is 3.93. The molecule has 1 aromatic carbocycles. The van der Waals surface area contributed by atoms with Crippen LogP contribution in [-0.2, 0) is 4.74 Å². The highest BCUT2D eigenvalue weighted by atomic mass is 19.1. The van der Waals surface area contributed by atoms with E-state index < -0.39 is 11.6 Å². The van der Waals surface area contributed by atoms with Crippen LogP contribution < -0.4 is 5.32 Å². The van der Waals surface area contributed by atoms with Crippen molar-refractivity contribution in [2.75, 3.05) is 52.5 Å². The number of piperazine rings is 1. The number of hydrogen-bond acceptors (Lipinski definition) is 3. The van der Waals surface area contributed by atoms with Gasteiger partial charge in [0.1, 0.15) is 11.6 Å². The van der Waals surface area contributed by atoms with E-state index in [1.807, 2.05) is 6.92 Å². The number of ether oxygens (including phenoxy) is 1. The molecule has 2 fully saturated rings. The molecular formula is C21H32F2N4O. The number of aliphatic imine (C=N–C) groups is 1. The summed E-state index contributed by atoms with van der Waals surface area (Å²) in [4.78, 5) is 9.40. The third kappa shape index (κ3) is 4.81. The van der Waals surface area contributed by atoms with Gasteiger partial charge < -0.3 is 15.0 Å². The summed E-state index contributed by atoms with van der Waals surface area (Å²) in [5.41, 5.74) is 0.728. The highest BCUT2D eigenvalue weighted by Crippen LogP contribution is 2.29. The Kier molecular flexibility index (Phi) is 6.88. The Bertz CT molecular complexity index is 685. The van der Waals surface area contributed by atoms with E-state index in [-0.39, 0.29) is 11.5 Å². The average molecular weight is 395 g/mol. The highest BCUT2D eigenvalue weighted by Gasteiger charge is 2.33. The van der Waals surface area contributed by atoms with Crippen molar-refractivity contribution >= 4 is 5.96 Å². The van der Waals surface area contributed by atoms with Gasteiger partial charge >= 0.3 is 0 Å². The van der Waals surface area contributed by atoms with Crippen molar-refractivity contribution in [2.24, 2.45) is 10.4 Å². The van der Waals surface area contributed by atoms with Gasteiger partial charge in [-0.05, 0) is 19.4 Å². The van der Waals surface area contributed by atoms with Gasteiger partial charge in [0, 0.05) is 55.8 Å². The molecule has 0 aliphatic carbocycles.